The van der Waals surface area contributed by atoms with Crippen LogP contribution in [0.4, 0.5) is 5.69 Å². The Morgan fingerprint density at radius 3 is 3.00 bits per heavy atom. The zero-order valence-electron chi connectivity index (χ0n) is 8.24. The fourth-order valence-corrected chi connectivity index (χ4v) is 2.11. The lowest BCUT2D eigenvalue weighted by molar-refractivity contribution is 0.281. The summed E-state index contributed by atoms with van der Waals surface area (Å²) < 4.78 is 0. The molecule has 0 radical (unpaired) electrons. The lowest BCUT2D eigenvalue weighted by Crippen LogP contribution is -2.27. The van der Waals surface area contributed by atoms with Crippen LogP contribution in [-0.4, -0.2) is 24.7 Å². The Bertz CT molecular complexity index is 325. The molecular weight excluding hydrogens is 176 g/mol. The number of fused-ring (bicyclic) bond motifs is 1. The molecule has 0 aromatic heterocycles. The summed E-state index contributed by atoms with van der Waals surface area (Å²) in [5, 5.41) is 9.17. The van der Waals surface area contributed by atoms with Crippen molar-refractivity contribution in [1.29, 1.82) is 0 Å². The van der Waals surface area contributed by atoms with Gasteiger partial charge >= 0.3 is 0 Å². The van der Waals surface area contributed by atoms with E-state index in [9.17, 15) is 5.11 Å². The van der Waals surface area contributed by atoms with E-state index in [2.05, 4.69) is 11.0 Å². The van der Waals surface area contributed by atoms with Gasteiger partial charge in [-0.15, -0.1) is 0 Å². The van der Waals surface area contributed by atoms with Gasteiger partial charge in [-0.1, -0.05) is 12.1 Å². The Hall–Kier alpha value is -1.06. The fourth-order valence-electron chi connectivity index (χ4n) is 2.11. The van der Waals surface area contributed by atoms with E-state index in [-0.39, 0.29) is 6.61 Å². The van der Waals surface area contributed by atoms with E-state index < -0.39 is 0 Å². The fraction of sp³-hybridized carbons (Fsp3) is 0.455. The van der Waals surface area contributed by atoms with Gasteiger partial charge in [0.2, 0.25) is 0 Å². The van der Waals surface area contributed by atoms with Gasteiger partial charge in [0, 0.05) is 25.3 Å². The third-order valence-corrected chi connectivity index (χ3v) is 2.79. The van der Waals surface area contributed by atoms with E-state index in [0.717, 1.165) is 25.1 Å². The van der Waals surface area contributed by atoms with Gasteiger partial charge in [0.05, 0.1) is 6.61 Å². The van der Waals surface area contributed by atoms with Crippen molar-refractivity contribution in [3.05, 3.63) is 29.3 Å². The summed E-state index contributed by atoms with van der Waals surface area (Å²) in [6.45, 7) is 2.76. The van der Waals surface area contributed by atoms with Gasteiger partial charge in [0.1, 0.15) is 0 Å². The van der Waals surface area contributed by atoms with Gasteiger partial charge in [-0.2, -0.15) is 0 Å². The number of nitrogens with two attached hydrogens (primary N) is 1. The summed E-state index contributed by atoms with van der Waals surface area (Å²) in [6, 6.07) is 6.10. The summed E-state index contributed by atoms with van der Waals surface area (Å²) in [7, 11) is 0. The Morgan fingerprint density at radius 1 is 1.43 bits per heavy atom. The first-order valence-corrected chi connectivity index (χ1v) is 5.03. The number of hydrogen-bond donors (Lipinski definition) is 2. The Morgan fingerprint density at radius 2 is 2.29 bits per heavy atom. The number of aliphatic hydroxyl groups is 1. The summed E-state index contributed by atoms with van der Waals surface area (Å²) in [5.74, 6) is 0. The Labute approximate surface area is 84.1 Å². The second-order valence-electron chi connectivity index (χ2n) is 3.60. The number of aliphatic hydroxyl groups excluding tert-OH is 1. The SMILES string of the molecule is NCCN1CCc2c(CO)cccc21. The van der Waals surface area contributed by atoms with Gasteiger partial charge in [0.25, 0.3) is 0 Å². The molecule has 1 heterocycles. The molecule has 0 saturated carbocycles. The van der Waals surface area contributed by atoms with Crippen LogP contribution >= 0.6 is 0 Å². The maximum absolute atomic E-state index is 9.17. The molecule has 14 heavy (non-hydrogen) atoms. The smallest absolute Gasteiger partial charge is 0.0685 e. The normalized spacial score (nSPS) is 14.6. The van der Waals surface area contributed by atoms with Gasteiger partial charge in [-0.3, -0.25) is 0 Å². The van der Waals surface area contributed by atoms with Crippen LogP contribution in [0.25, 0.3) is 0 Å². The number of nitrogens with zero attached hydrogens (tertiary/aromatic N) is 1. The molecule has 0 aliphatic carbocycles. The van der Waals surface area contributed by atoms with Crippen LogP contribution in [0.3, 0.4) is 0 Å². The molecule has 1 aromatic carbocycles. The van der Waals surface area contributed by atoms with E-state index in [0.29, 0.717) is 6.54 Å². The minimum atomic E-state index is 0.139. The molecule has 0 unspecified atom stereocenters. The quantitative estimate of drug-likeness (QED) is 0.733. The summed E-state index contributed by atoms with van der Waals surface area (Å²) >= 11 is 0. The number of anilines is 1. The van der Waals surface area contributed by atoms with Gasteiger partial charge in [-0.05, 0) is 23.6 Å². The predicted molar refractivity (Wildman–Crippen MR) is 57.3 cm³/mol. The maximum Gasteiger partial charge on any atom is 0.0685 e. The van der Waals surface area contributed by atoms with Crippen molar-refractivity contribution in [2.24, 2.45) is 5.73 Å². The Balaban J connectivity index is 2.31. The molecule has 0 amide bonds. The molecule has 0 fully saturated rings. The van der Waals surface area contributed by atoms with Crippen LogP contribution in [0, 0.1) is 0 Å². The van der Waals surface area contributed by atoms with E-state index in [4.69, 9.17) is 5.73 Å². The summed E-state index contributed by atoms with van der Waals surface area (Å²) in [6.07, 6.45) is 1.03. The molecule has 1 aliphatic heterocycles. The van der Waals surface area contributed by atoms with E-state index in [1.807, 2.05) is 12.1 Å². The second-order valence-corrected chi connectivity index (χ2v) is 3.60. The third kappa shape index (κ3) is 1.49. The van der Waals surface area contributed by atoms with Crippen LogP contribution in [-0.2, 0) is 13.0 Å². The molecule has 1 aliphatic rings. The topological polar surface area (TPSA) is 49.5 Å². The van der Waals surface area contributed by atoms with E-state index >= 15 is 0 Å². The van der Waals surface area contributed by atoms with Crippen molar-refractivity contribution in [3.63, 3.8) is 0 Å². The highest BCUT2D eigenvalue weighted by Crippen LogP contribution is 2.30. The number of rotatable bonds is 3. The lowest BCUT2D eigenvalue weighted by Gasteiger charge is -2.18. The molecular formula is C11H16N2O. The molecule has 0 atom stereocenters. The van der Waals surface area contributed by atoms with Crippen LogP contribution in [0.5, 0.6) is 0 Å². The minimum absolute atomic E-state index is 0.139. The molecule has 0 bridgehead atoms. The summed E-state index contributed by atoms with van der Waals surface area (Å²) in [5.41, 5.74) is 9.15. The number of hydrogen-bond acceptors (Lipinski definition) is 3. The molecule has 1 aromatic rings. The van der Waals surface area contributed by atoms with Gasteiger partial charge in [-0.25, -0.2) is 0 Å². The minimum Gasteiger partial charge on any atom is -0.392 e. The molecule has 76 valence electrons. The standard InChI is InChI=1S/C11H16N2O/c12-5-7-13-6-4-10-9(8-14)2-1-3-11(10)13/h1-3,14H,4-8,12H2. The van der Waals surface area contributed by atoms with Gasteiger partial charge < -0.3 is 15.7 Å². The molecule has 3 N–H and O–H groups in total. The molecule has 3 heteroatoms. The van der Waals surface area contributed by atoms with Crippen molar-refractivity contribution in [2.75, 3.05) is 24.5 Å². The van der Waals surface area contributed by atoms with Crippen molar-refractivity contribution in [2.45, 2.75) is 13.0 Å². The van der Waals surface area contributed by atoms with Gasteiger partial charge in [0.15, 0.2) is 0 Å². The second kappa shape index (κ2) is 3.98. The van der Waals surface area contributed by atoms with Crippen molar-refractivity contribution >= 4 is 5.69 Å². The average Bonchev–Trinajstić information content (AvgIpc) is 2.62. The van der Waals surface area contributed by atoms with Crippen molar-refractivity contribution < 1.29 is 5.11 Å². The van der Waals surface area contributed by atoms with Crippen LogP contribution < -0.4 is 10.6 Å². The highest BCUT2D eigenvalue weighted by Gasteiger charge is 2.19. The first kappa shape index (κ1) is 9.49. The first-order valence-electron chi connectivity index (χ1n) is 5.03. The zero-order valence-corrected chi connectivity index (χ0v) is 8.24. The van der Waals surface area contributed by atoms with Crippen molar-refractivity contribution in [3.8, 4) is 0 Å². The Kier molecular flexibility index (Phi) is 2.70. The summed E-state index contributed by atoms with van der Waals surface area (Å²) in [4.78, 5) is 2.29. The van der Waals surface area contributed by atoms with Crippen LogP contribution in [0.2, 0.25) is 0 Å². The van der Waals surface area contributed by atoms with Crippen LogP contribution in [0.1, 0.15) is 11.1 Å². The highest BCUT2D eigenvalue weighted by molar-refractivity contribution is 5.60. The van der Waals surface area contributed by atoms with Crippen LogP contribution in [0.15, 0.2) is 18.2 Å². The van der Waals surface area contributed by atoms with E-state index in [1.165, 1.54) is 11.3 Å². The third-order valence-electron chi connectivity index (χ3n) is 2.79. The van der Waals surface area contributed by atoms with E-state index in [1.54, 1.807) is 0 Å². The maximum atomic E-state index is 9.17. The number of benzene rings is 1. The first-order chi connectivity index (χ1) is 6.86. The monoisotopic (exact) mass is 192 g/mol. The average molecular weight is 192 g/mol. The largest absolute Gasteiger partial charge is 0.392 e. The molecule has 2 rings (SSSR count). The lowest BCUT2D eigenvalue weighted by atomic mass is 10.1. The molecule has 3 nitrogen and oxygen atoms in total. The zero-order chi connectivity index (χ0) is 9.97. The highest BCUT2D eigenvalue weighted by atomic mass is 16.3. The predicted octanol–water partition coefficient (Wildman–Crippen LogP) is 0.500. The van der Waals surface area contributed by atoms with Crippen molar-refractivity contribution in [1.82, 2.24) is 0 Å². The molecule has 0 spiro atoms. The molecule has 0 saturated heterocycles.